The van der Waals surface area contributed by atoms with E-state index < -0.39 is 29.4 Å². The van der Waals surface area contributed by atoms with Crippen molar-refractivity contribution in [1.29, 1.82) is 0 Å². The molecule has 1 aromatic rings. The SMILES string of the molecule is FC(C(F)(F)F)C(F)(F)Sc1cc(Br)cc(Br)c1. The Morgan fingerprint density at radius 3 is 1.78 bits per heavy atom. The van der Waals surface area contributed by atoms with E-state index in [0.717, 1.165) is 0 Å². The van der Waals surface area contributed by atoms with Crippen molar-refractivity contribution in [2.75, 3.05) is 0 Å². The third-order valence-electron chi connectivity index (χ3n) is 1.67. The lowest BCUT2D eigenvalue weighted by Gasteiger charge is -2.22. The Morgan fingerprint density at radius 2 is 1.39 bits per heavy atom. The Hall–Kier alpha value is 0.110. The van der Waals surface area contributed by atoms with Crippen LogP contribution in [0, 0.1) is 0 Å². The Balaban J connectivity index is 2.95. The van der Waals surface area contributed by atoms with Crippen molar-refractivity contribution < 1.29 is 26.3 Å². The van der Waals surface area contributed by atoms with E-state index in [4.69, 9.17) is 0 Å². The average molecular weight is 418 g/mol. The lowest BCUT2D eigenvalue weighted by Crippen LogP contribution is -2.39. The van der Waals surface area contributed by atoms with Crippen LogP contribution >= 0.6 is 43.6 Å². The molecule has 0 saturated heterocycles. The van der Waals surface area contributed by atoms with Gasteiger partial charge in [-0.2, -0.15) is 22.0 Å². The summed E-state index contributed by atoms with van der Waals surface area (Å²) < 4.78 is 75.4. The number of benzene rings is 1. The minimum atomic E-state index is -5.60. The Kier molecular flexibility index (Phi) is 5.05. The third-order valence-corrected chi connectivity index (χ3v) is 3.54. The van der Waals surface area contributed by atoms with E-state index >= 15 is 0 Å². The Bertz CT molecular complexity index is 413. The Morgan fingerprint density at radius 1 is 0.944 bits per heavy atom. The molecule has 0 aliphatic rings. The van der Waals surface area contributed by atoms with E-state index in [1.807, 2.05) is 0 Å². The van der Waals surface area contributed by atoms with Crippen LogP contribution in [0.4, 0.5) is 26.3 Å². The van der Waals surface area contributed by atoms with E-state index in [9.17, 15) is 26.3 Å². The zero-order valence-electron chi connectivity index (χ0n) is 8.24. The molecule has 0 nitrogen and oxygen atoms in total. The minimum absolute atomic E-state index is 0.187. The van der Waals surface area contributed by atoms with Gasteiger partial charge in [-0.25, -0.2) is 4.39 Å². The summed E-state index contributed by atoms with van der Waals surface area (Å²) >= 11 is 5.51. The van der Waals surface area contributed by atoms with Crippen molar-refractivity contribution in [3.05, 3.63) is 27.1 Å². The summed E-state index contributed by atoms with van der Waals surface area (Å²) in [6, 6.07) is 3.86. The molecule has 9 heteroatoms. The van der Waals surface area contributed by atoms with Crippen LogP contribution in [-0.4, -0.2) is 17.6 Å². The maximum absolute atomic E-state index is 13.1. The number of hydrogen-bond donors (Lipinski definition) is 0. The summed E-state index contributed by atoms with van der Waals surface area (Å²) in [7, 11) is 0. The molecule has 0 spiro atoms. The normalized spacial score (nSPS) is 14.7. The molecule has 1 rings (SSSR count). The molecule has 0 aliphatic heterocycles. The van der Waals surface area contributed by atoms with E-state index in [1.165, 1.54) is 18.2 Å². The molecule has 1 aromatic carbocycles. The number of hydrogen-bond acceptors (Lipinski definition) is 1. The van der Waals surface area contributed by atoms with Gasteiger partial charge in [0.2, 0.25) is 0 Å². The quantitative estimate of drug-likeness (QED) is 0.442. The van der Waals surface area contributed by atoms with E-state index in [-0.39, 0.29) is 4.90 Å². The van der Waals surface area contributed by atoms with Gasteiger partial charge in [0.15, 0.2) is 0 Å². The lowest BCUT2D eigenvalue weighted by molar-refractivity contribution is -0.219. The molecule has 18 heavy (non-hydrogen) atoms. The number of halogens is 8. The van der Waals surface area contributed by atoms with E-state index in [2.05, 4.69) is 31.9 Å². The standard InChI is InChI=1S/C9H4Br2F6S/c10-4-1-5(11)3-6(2-4)18-9(16,17)7(12)8(13,14)15/h1-3,7H. The zero-order chi connectivity index (χ0) is 14.1. The molecule has 0 fully saturated rings. The van der Waals surface area contributed by atoms with Crippen LogP contribution in [0.25, 0.3) is 0 Å². The first kappa shape index (κ1) is 16.2. The molecule has 0 aliphatic carbocycles. The van der Waals surface area contributed by atoms with Gasteiger partial charge in [-0.05, 0) is 30.0 Å². The first-order valence-corrected chi connectivity index (χ1v) is 6.66. The molecule has 0 heterocycles. The molecule has 0 aromatic heterocycles. The summed E-state index contributed by atoms with van der Waals surface area (Å²) in [5.74, 6) is 0. The monoisotopic (exact) mass is 416 g/mol. The van der Waals surface area contributed by atoms with Crippen molar-refractivity contribution in [3.8, 4) is 0 Å². The Labute approximate surface area is 119 Å². The number of thioether (sulfide) groups is 1. The van der Waals surface area contributed by atoms with Gasteiger partial charge in [0.05, 0.1) is 0 Å². The van der Waals surface area contributed by atoms with Crippen molar-refractivity contribution >= 4 is 43.6 Å². The van der Waals surface area contributed by atoms with Crippen LogP contribution in [0.2, 0.25) is 0 Å². The van der Waals surface area contributed by atoms with Crippen LogP contribution in [0.5, 0.6) is 0 Å². The molecule has 0 amide bonds. The van der Waals surface area contributed by atoms with Gasteiger partial charge in [0, 0.05) is 13.8 Å². The van der Waals surface area contributed by atoms with Crippen LogP contribution in [0.1, 0.15) is 0 Å². The summed E-state index contributed by atoms with van der Waals surface area (Å²) in [5, 5.41) is -4.58. The molecule has 0 bridgehead atoms. The van der Waals surface area contributed by atoms with Crippen LogP contribution in [0.15, 0.2) is 32.0 Å². The molecule has 0 N–H and O–H groups in total. The van der Waals surface area contributed by atoms with Gasteiger partial charge >= 0.3 is 11.4 Å². The molecule has 0 saturated carbocycles. The van der Waals surface area contributed by atoms with E-state index in [0.29, 0.717) is 8.95 Å². The second kappa shape index (κ2) is 5.62. The van der Waals surface area contributed by atoms with Gasteiger partial charge in [-0.3, -0.25) is 0 Å². The van der Waals surface area contributed by atoms with Gasteiger partial charge in [0.1, 0.15) is 0 Å². The molecule has 1 unspecified atom stereocenters. The lowest BCUT2D eigenvalue weighted by atomic mass is 10.4. The van der Waals surface area contributed by atoms with E-state index in [1.54, 1.807) is 0 Å². The van der Waals surface area contributed by atoms with Gasteiger partial charge < -0.3 is 0 Å². The first-order chi connectivity index (χ1) is 8.02. The second-order valence-electron chi connectivity index (χ2n) is 3.17. The van der Waals surface area contributed by atoms with Crippen molar-refractivity contribution in [2.24, 2.45) is 0 Å². The second-order valence-corrected chi connectivity index (χ2v) is 6.22. The maximum atomic E-state index is 13.1. The third kappa shape index (κ3) is 4.34. The molecule has 0 radical (unpaired) electrons. The smallest absolute Gasteiger partial charge is 0.230 e. The first-order valence-electron chi connectivity index (χ1n) is 4.26. The highest BCUT2D eigenvalue weighted by molar-refractivity contribution is 9.11. The summed E-state index contributed by atoms with van der Waals surface area (Å²) in [6.45, 7) is 0. The van der Waals surface area contributed by atoms with Gasteiger partial charge in [-0.1, -0.05) is 31.9 Å². The fourth-order valence-corrected chi connectivity index (χ4v) is 3.51. The van der Waals surface area contributed by atoms with Crippen molar-refractivity contribution in [2.45, 2.75) is 22.5 Å². The summed E-state index contributed by atoms with van der Waals surface area (Å²) in [4.78, 5) is -0.187. The molecule has 102 valence electrons. The largest absolute Gasteiger partial charge is 0.426 e. The van der Waals surface area contributed by atoms with Crippen LogP contribution in [0.3, 0.4) is 0 Å². The summed E-state index contributed by atoms with van der Waals surface area (Å²) in [5.41, 5.74) is 0. The topological polar surface area (TPSA) is 0 Å². The van der Waals surface area contributed by atoms with Crippen molar-refractivity contribution in [3.63, 3.8) is 0 Å². The fourth-order valence-electron chi connectivity index (χ4n) is 0.987. The maximum Gasteiger partial charge on any atom is 0.426 e. The number of rotatable bonds is 3. The highest BCUT2D eigenvalue weighted by Crippen LogP contribution is 2.46. The van der Waals surface area contributed by atoms with Crippen molar-refractivity contribution in [1.82, 2.24) is 0 Å². The van der Waals surface area contributed by atoms with Crippen LogP contribution < -0.4 is 0 Å². The minimum Gasteiger partial charge on any atom is -0.230 e. The zero-order valence-corrected chi connectivity index (χ0v) is 12.2. The predicted octanol–water partition coefficient (Wildman–Crippen LogP) is 5.80. The number of alkyl halides is 6. The molecule has 1 atom stereocenters. The van der Waals surface area contributed by atoms with Gasteiger partial charge in [0.25, 0.3) is 6.17 Å². The highest BCUT2D eigenvalue weighted by Gasteiger charge is 2.57. The highest BCUT2D eigenvalue weighted by atomic mass is 79.9. The van der Waals surface area contributed by atoms with Gasteiger partial charge in [-0.15, -0.1) is 0 Å². The summed E-state index contributed by atoms with van der Waals surface area (Å²) in [6.07, 6.45) is -9.81. The molecular weight excluding hydrogens is 414 g/mol. The predicted molar refractivity (Wildman–Crippen MR) is 63.6 cm³/mol. The average Bonchev–Trinajstić information content (AvgIpc) is 2.12. The van der Waals surface area contributed by atoms with Crippen LogP contribution in [-0.2, 0) is 0 Å². The fraction of sp³-hybridized carbons (Fsp3) is 0.333. The molecular formula is C9H4Br2F6S.